The highest BCUT2D eigenvalue weighted by Crippen LogP contribution is 2.36. The quantitative estimate of drug-likeness (QED) is 0.801. The molecule has 4 nitrogen and oxygen atoms in total. The monoisotopic (exact) mass is 304 g/mol. The molecule has 118 valence electrons. The Hall–Kier alpha value is -1.88. The van der Waals surface area contributed by atoms with Crippen molar-refractivity contribution >= 4 is 11.7 Å². The normalized spacial score (nSPS) is 27.1. The van der Waals surface area contributed by atoms with Crippen LogP contribution in [-0.4, -0.2) is 42.8 Å². The van der Waals surface area contributed by atoms with E-state index in [1.54, 1.807) is 24.1 Å². The van der Waals surface area contributed by atoms with Crippen LogP contribution in [-0.2, 0) is 4.74 Å². The maximum Gasteiger partial charge on any atom is 0.325 e. The molecular weight excluding hydrogens is 283 g/mol. The van der Waals surface area contributed by atoms with Gasteiger partial charge in [-0.15, -0.1) is 0 Å². The number of anilines is 1. The summed E-state index contributed by atoms with van der Waals surface area (Å²) >= 11 is 0. The molecule has 1 aliphatic carbocycles. The summed E-state index contributed by atoms with van der Waals surface area (Å²) in [5.74, 6) is 0.0181. The Morgan fingerprint density at radius 2 is 2.09 bits per heavy atom. The summed E-state index contributed by atoms with van der Waals surface area (Å²) in [7, 11) is 1.65. The Bertz CT molecular complexity index is 602. The van der Waals surface area contributed by atoms with Gasteiger partial charge in [0.1, 0.15) is 5.82 Å². The molecule has 2 amide bonds. The Morgan fingerprint density at radius 1 is 1.32 bits per heavy atom. The van der Waals surface area contributed by atoms with E-state index in [2.05, 4.69) is 13.8 Å². The van der Waals surface area contributed by atoms with Crippen LogP contribution in [0.5, 0.6) is 0 Å². The molecular formula is C17H21FN2O2. The van der Waals surface area contributed by atoms with Crippen LogP contribution in [0.4, 0.5) is 14.9 Å². The Balaban J connectivity index is 1.98. The van der Waals surface area contributed by atoms with E-state index in [0.717, 1.165) is 0 Å². The first-order valence-electron chi connectivity index (χ1n) is 7.59. The molecule has 1 unspecified atom stereocenters. The summed E-state index contributed by atoms with van der Waals surface area (Å²) in [4.78, 5) is 16.4. The van der Waals surface area contributed by atoms with Crippen molar-refractivity contribution in [3.63, 3.8) is 0 Å². The summed E-state index contributed by atoms with van der Waals surface area (Å²) < 4.78 is 19.1. The summed E-state index contributed by atoms with van der Waals surface area (Å²) in [6, 6.07) is 5.94. The van der Waals surface area contributed by atoms with Gasteiger partial charge in [-0.3, -0.25) is 4.90 Å². The molecule has 0 spiro atoms. The fourth-order valence-electron chi connectivity index (χ4n) is 3.36. The topological polar surface area (TPSA) is 32.8 Å². The second-order valence-corrected chi connectivity index (χ2v) is 6.25. The summed E-state index contributed by atoms with van der Waals surface area (Å²) in [6.07, 6.45) is 3.86. The second-order valence-electron chi connectivity index (χ2n) is 6.25. The zero-order chi connectivity index (χ0) is 15.9. The van der Waals surface area contributed by atoms with Crippen molar-refractivity contribution in [2.24, 2.45) is 5.92 Å². The van der Waals surface area contributed by atoms with Crippen LogP contribution in [0.2, 0.25) is 0 Å². The van der Waals surface area contributed by atoms with E-state index in [-0.39, 0.29) is 30.0 Å². The predicted octanol–water partition coefficient (Wildman–Crippen LogP) is 3.05. The van der Waals surface area contributed by atoms with Crippen molar-refractivity contribution in [3.8, 4) is 0 Å². The standard InChI is InChI=1S/C17H21FN2O2/c1-11(2)10-19-16-14(7-8-15(16)22-3)20(17(19)21)13-6-4-5-12(18)9-13/h4-9,11,14-16H,10H2,1-3H3/t14-,15-,16?/m0/s1. The molecule has 22 heavy (non-hydrogen) atoms. The third-order valence-corrected chi connectivity index (χ3v) is 4.21. The fourth-order valence-corrected chi connectivity index (χ4v) is 3.36. The van der Waals surface area contributed by atoms with Crippen LogP contribution in [0.15, 0.2) is 36.4 Å². The summed E-state index contributed by atoms with van der Waals surface area (Å²) in [6.45, 7) is 4.82. The lowest BCUT2D eigenvalue weighted by atomic mass is 10.1. The predicted molar refractivity (Wildman–Crippen MR) is 83.3 cm³/mol. The van der Waals surface area contributed by atoms with Crippen LogP contribution >= 0.6 is 0 Å². The van der Waals surface area contributed by atoms with Crippen molar-refractivity contribution in [2.75, 3.05) is 18.6 Å². The van der Waals surface area contributed by atoms with Gasteiger partial charge in [-0.25, -0.2) is 9.18 Å². The van der Waals surface area contributed by atoms with Gasteiger partial charge in [-0.1, -0.05) is 32.1 Å². The van der Waals surface area contributed by atoms with Gasteiger partial charge >= 0.3 is 6.03 Å². The Kier molecular flexibility index (Phi) is 3.91. The molecule has 3 rings (SSSR count). The average Bonchev–Trinajstić information content (AvgIpc) is 2.98. The fraction of sp³-hybridized carbons (Fsp3) is 0.471. The Morgan fingerprint density at radius 3 is 2.73 bits per heavy atom. The molecule has 1 aliphatic heterocycles. The first kappa shape index (κ1) is 15.0. The molecule has 5 heteroatoms. The molecule has 0 N–H and O–H groups in total. The highest BCUT2D eigenvalue weighted by Gasteiger charge is 2.51. The number of hydrogen-bond acceptors (Lipinski definition) is 2. The van der Waals surface area contributed by atoms with E-state index in [1.807, 2.05) is 17.1 Å². The number of rotatable bonds is 4. The lowest BCUT2D eigenvalue weighted by molar-refractivity contribution is 0.0738. The lowest BCUT2D eigenvalue weighted by Gasteiger charge is -2.28. The molecule has 0 bridgehead atoms. The van der Waals surface area contributed by atoms with Crippen molar-refractivity contribution in [1.82, 2.24) is 4.90 Å². The molecule has 1 fully saturated rings. The van der Waals surface area contributed by atoms with Crippen molar-refractivity contribution in [3.05, 3.63) is 42.2 Å². The lowest BCUT2D eigenvalue weighted by Crippen LogP contribution is -2.44. The molecule has 1 saturated heterocycles. The van der Waals surface area contributed by atoms with Crippen molar-refractivity contribution in [2.45, 2.75) is 32.0 Å². The zero-order valence-corrected chi connectivity index (χ0v) is 13.1. The molecule has 1 aromatic rings. The van der Waals surface area contributed by atoms with Crippen molar-refractivity contribution in [1.29, 1.82) is 0 Å². The number of halogens is 1. The molecule has 1 heterocycles. The highest BCUT2D eigenvalue weighted by molar-refractivity contribution is 5.96. The summed E-state index contributed by atoms with van der Waals surface area (Å²) in [5.41, 5.74) is 0.590. The number of carbonyl (C=O) groups excluding carboxylic acids is 1. The number of methoxy groups -OCH3 is 1. The first-order chi connectivity index (χ1) is 10.5. The van der Waals surface area contributed by atoms with E-state index < -0.39 is 0 Å². The Labute approximate surface area is 130 Å². The number of amides is 2. The van der Waals surface area contributed by atoms with Gasteiger partial charge < -0.3 is 9.64 Å². The zero-order valence-electron chi connectivity index (χ0n) is 13.1. The van der Waals surface area contributed by atoms with E-state index >= 15 is 0 Å². The number of urea groups is 1. The number of carbonyl (C=O) groups is 1. The van der Waals surface area contributed by atoms with Gasteiger partial charge in [0.2, 0.25) is 0 Å². The number of nitrogens with zero attached hydrogens (tertiary/aromatic N) is 2. The third-order valence-electron chi connectivity index (χ3n) is 4.21. The van der Waals surface area contributed by atoms with Crippen molar-refractivity contribution < 1.29 is 13.9 Å². The van der Waals surface area contributed by atoms with Gasteiger partial charge in [0.15, 0.2) is 0 Å². The van der Waals surface area contributed by atoms with Crippen LogP contribution in [0.25, 0.3) is 0 Å². The van der Waals surface area contributed by atoms with Gasteiger partial charge in [-0.2, -0.15) is 0 Å². The molecule has 2 aliphatic rings. The minimum Gasteiger partial charge on any atom is -0.375 e. The second kappa shape index (κ2) is 5.72. The van der Waals surface area contributed by atoms with E-state index in [1.165, 1.54) is 12.1 Å². The molecule has 0 saturated carbocycles. The van der Waals surface area contributed by atoms with E-state index in [4.69, 9.17) is 4.74 Å². The molecule has 1 aromatic carbocycles. The van der Waals surface area contributed by atoms with Crippen LogP contribution in [0, 0.1) is 11.7 Å². The smallest absolute Gasteiger partial charge is 0.325 e. The number of fused-ring (bicyclic) bond motifs is 1. The van der Waals surface area contributed by atoms with Crippen LogP contribution < -0.4 is 4.90 Å². The number of benzene rings is 1. The molecule has 0 radical (unpaired) electrons. The SMILES string of the molecule is CO[C@H]1C=C[C@H]2C1N(CC(C)C)C(=O)N2c1cccc(F)c1. The van der Waals surface area contributed by atoms with Gasteiger partial charge in [0.25, 0.3) is 0 Å². The van der Waals surface area contributed by atoms with Gasteiger partial charge in [-0.05, 0) is 24.1 Å². The van der Waals surface area contributed by atoms with Gasteiger partial charge in [0, 0.05) is 19.3 Å². The highest BCUT2D eigenvalue weighted by atomic mass is 19.1. The van der Waals surface area contributed by atoms with Crippen LogP contribution in [0.3, 0.4) is 0 Å². The van der Waals surface area contributed by atoms with Crippen LogP contribution in [0.1, 0.15) is 13.8 Å². The number of ether oxygens (including phenoxy) is 1. The van der Waals surface area contributed by atoms with E-state index in [9.17, 15) is 9.18 Å². The minimum atomic E-state index is -0.338. The average molecular weight is 304 g/mol. The van der Waals surface area contributed by atoms with E-state index in [0.29, 0.717) is 18.2 Å². The summed E-state index contributed by atoms with van der Waals surface area (Å²) in [5, 5.41) is 0. The largest absolute Gasteiger partial charge is 0.375 e. The van der Waals surface area contributed by atoms with Gasteiger partial charge in [0.05, 0.1) is 18.2 Å². The maximum absolute atomic E-state index is 13.5. The first-order valence-corrected chi connectivity index (χ1v) is 7.59. The molecule has 0 aromatic heterocycles. The number of hydrogen-bond donors (Lipinski definition) is 0. The third kappa shape index (κ3) is 2.39. The maximum atomic E-state index is 13.5. The molecule has 3 atom stereocenters. The minimum absolute atomic E-state index is 0.0526.